The van der Waals surface area contributed by atoms with Crippen LogP contribution in [-0.2, 0) is 0 Å². The van der Waals surface area contributed by atoms with Crippen molar-refractivity contribution < 1.29 is 9.13 Å². The van der Waals surface area contributed by atoms with Crippen LogP contribution in [0.2, 0.25) is 0 Å². The highest BCUT2D eigenvalue weighted by molar-refractivity contribution is 5.55. The molecule has 0 spiro atoms. The van der Waals surface area contributed by atoms with E-state index in [9.17, 15) is 9.18 Å². The zero-order valence-electron chi connectivity index (χ0n) is 10.7. The van der Waals surface area contributed by atoms with E-state index in [1.54, 1.807) is 6.07 Å². The second kappa shape index (κ2) is 5.49. The van der Waals surface area contributed by atoms with Gasteiger partial charge in [-0.1, -0.05) is 0 Å². The van der Waals surface area contributed by atoms with Gasteiger partial charge in [-0.15, -0.1) is 0 Å². The molecule has 21 heavy (non-hydrogen) atoms. The fourth-order valence-corrected chi connectivity index (χ4v) is 1.61. The molecule has 0 aliphatic carbocycles. The third kappa shape index (κ3) is 3.08. The molecule has 2 heterocycles. The van der Waals surface area contributed by atoms with Crippen molar-refractivity contribution >= 4 is 0 Å². The average molecular weight is 284 g/mol. The summed E-state index contributed by atoms with van der Waals surface area (Å²) in [4.78, 5) is 19.0. The third-order valence-corrected chi connectivity index (χ3v) is 2.63. The highest BCUT2D eigenvalue weighted by Gasteiger charge is 2.04. The summed E-state index contributed by atoms with van der Waals surface area (Å²) in [6, 6.07) is 8.60. The van der Waals surface area contributed by atoms with Crippen LogP contribution in [0, 0.1) is 5.82 Å². The molecule has 1 N–H and O–H groups in total. The minimum absolute atomic E-state index is 0.134. The van der Waals surface area contributed by atoms with E-state index >= 15 is 0 Å². The molecule has 3 aromatic rings. The van der Waals surface area contributed by atoms with Gasteiger partial charge in [0, 0.05) is 24.0 Å². The van der Waals surface area contributed by atoms with E-state index in [4.69, 9.17) is 4.74 Å². The Morgan fingerprint density at radius 2 is 1.71 bits per heavy atom. The van der Waals surface area contributed by atoms with Crippen LogP contribution in [0.25, 0.3) is 11.3 Å². The van der Waals surface area contributed by atoms with Crippen molar-refractivity contribution in [2.24, 2.45) is 0 Å². The molecule has 1 aromatic carbocycles. The standard InChI is InChI=1S/C14H9FN4O2/c15-10-1-3-11(4-2-10)21-14-16-7-9(8-17-14)12-5-6-13(20)19-18-12/h1-8H,(H,19,20). The number of ether oxygens (including phenoxy) is 1. The van der Waals surface area contributed by atoms with E-state index in [-0.39, 0.29) is 17.4 Å². The number of nitrogens with zero attached hydrogens (tertiary/aromatic N) is 3. The summed E-state index contributed by atoms with van der Waals surface area (Å²) in [5.41, 5.74) is 0.900. The minimum atomic E-state index is -0.345. The molecule has 0 radical (unpaired) electrons. The van der Waals surface area contributed by atoms with Crippen molar-refractivity contribution in [3.8, 4) is 23.0 Å². The van der Waals surface area contributed by atoms with Crippen LogP contribution in [0.15, 0.2) is 53.6 Å². The first kappa shape index (κ1) is 12.9. The Morgan fingerprint density at radius 1 is 1.00 bits per heavy atom. The van der Waals surface area contributed by atoms with Gasteiger partial charge in [-0.3, -0.25) is 4.79 Å². The van der Waals surface area contributed by atoms with Gasteiger partial charge < -0.3 is 4.74 Å². The molecule has 0 aliphatic rings. The molecular weight excluding hydrogens is 275 g/mol. The summed E-state index contributed by atoms with van der Waals surface area (Å²) >= 11 is 0. The van der Waals surface area contributed by atoms with Crippen molar-refractivity contribution in [2.45, 2.75) is 0 Å². The Balaban J connectivity index is 1.79. The highest BCUT2D eigenvalue weighted by atomic mass is 19.1. The maximum absolute atomic E-state index is 12.8. The zero-order chi connectivity index (χ0) is 14.7. The van der Waals surface area contributed by atoms with Crippen LogP contribution >= 0.6 is 0 Å². The number of halogens is 1. The number of hydrogen-bond donors (Lipinski definition) is 1. The Morgan fingerprint density at radius 3 is 2.33 bits per heavy atom. The van der Waals surface area contributed by atoms with Crippen LogP contribution < -0.4 is 10.3 Å². The van der Waals surface area contributed by atoms with E-state index in [2.05, 4.69) is 20.2 Å². The van der Waals surface area contributed by atoms with Crippen LogP contribution in [-0.4, -0.2) is 20.2 Å². The number of hydrogen-bond acceptors (Lipinski definition) is 5. The van der Waals surface area contributed by atoms with E-state index in [1.807, 2.05) is 0 Å². The van der Waals surface area contributed by atoms with Gasteiger partial charge in [0.15, 0.2) is 0 Å². The first-order valence-electron chi connectivity index (χ1n) is 6.02. The van der Waals surface area contributed by atoms with Gasteiger partial charge in [0.2, 0.25) is 0 Å². The maximum atomic E-state index is 12.8. The molecule has 0 saturated heterocycles. The summed E-state index contributed by atoms with van der Waals surface area (Å²) in [6.45, 7) is 0. The molecule has 2 aromatic heterocycles. The normalized spacial score (nSPS) is 10.3. The Hall–Kier alpha value is -3.09. The molecule has 0 saturated carbocycles. The van der Waals surface area contributed by atoms with Gasteiger partial charge in [-0.2, -0.15) is 5.10 Å². The molecule has 7 heteroatoms. The fraction of sp³-hybridized carbons (Fsp3) is 0. The number of aromatic amines is 1. The lowest BCUT2D eigenvalue weighted by Gasteiger charge is -2.04. The summed E-state index contributed by atoms with van der Waals surface area (Å²) in [5.74, 6) is 0.0917. The number of benzene rings is 1. The van der Waals surface area contributed by atoms with Crippen molar-refractivity contribution in [2.75, 3.05) is 0 Å². The molecule has 0 bridgehead atoms. The maximum Gasteiger partial charge on any atom is 0.321 e. The molecule has 6 nitrogen and oxygen atoms in total. The van der Waals surface area contributed by atoms with Crippen molar-refractivity contribution in [1.29, 1.82) is 0 Å². The zero-order valence-corrected chi connectivity index (χ0v) is 10.7. The number of aromatic nitrogens is 4. The predicted octanol–water partition coefficient (Wildman–Crippen LogP) is 2.16. The summed E-state index contributed by atoms with van der Waals surface area (Å²) in [6.07, 6.45) is 3.04. The van der Waals surface area contributed by atoms with Gasteiger partial charge >= 0.3 is 6.01 Å². The van der Waals surface area contributed by atoms with Crippen molar-refractivity contribution in [3.05, 3.63) is 65.0 Å². The lowest BCUT2D eigenvalue weighted by molar-refractivity contribution is 0.440. The van der Waals surface area contributed by atoms with Crippen molar-refractivity contribution in [1.82, 2.24) is 20.2 Å². The molecule has 0 unspecified atom stereocenters. The molecular formula is C14H9FN4O2. The van der Waals surface area contributed by atoms with Gasteiger partial charge in [0.05, 0.1) is 5.69 Å². The monoisotopic (exact) mass is 284 g/mol. The van der Waals surface area contributed by atoms with E-state index in [0.717, 1.165) is 0 Å². The topological polar surface area (TPSA) is 80.8 Å². The minimum Gasteiger partial charge on any atom is -0.424 e. The van der Waals surface area contributed by atoms with E-state index < -0.39 is 0 Å². The van der Waals surface area contributed by atoms with Crippen LogP contribution in [0.1, 0.15) is 0 Å². The lowest BCUT2D eigenvalue weighted by atomic mass is 10.2. The molecule has 104 valence electrons. The summed E-state index contributed by atoms with van der Waals surface area (Å²) in [5, 5.41) is 6.20. The van der Waals surface area contributed by atoms with E-state index in [1.165, 1.54) is 42.7 Å². The Labute approximate surface area is 118 Å². The molecule has 0 aliphatic heterocycles. The lowest BCUT2D eigenvalue weighted by Crippen LogP contribution is -2.05. The average Bonchev–Trinajstić information content (AvgIpc) is 2.51. The van der Waals surface area contributed by atoms with Crippen LogP contribution in [0.5, 0.6) is 11.8 Å². The smallest absolute Gasteiger partial charge is 0.321 e. The second-order valence-electron chi connectivity index (χ2n) is 4.12. The first-order chi connectivity index (χ1) is 10.2. The molecule has 0 atom stereocenters. The Bertz CT molecular complexity index is 780. The van der Waals surface area contributed by atoms with Crippen LogP contribution in [0.3, 0.4) is 0 Å². The number of rotatable bonds is 3. The highest BCUT2D eigenvalue weighted by Crippen LogP contribution is 2.19. The first-order valence-corrected chi connectivity index (χ1v) is 6.02. The quantitative estimate of drug-likeness (QED) is 0.797. The molecule has 0 fully saturated rings. The Kier molecular flexibility index (Phi) is 3.38. The van der Waals surface area contributed by atoms with Crippen molar-refractivity contribution in [3.63, 3.8) is 0 Å². The van der Waals surface area contributed by atoms with Crippen LogP contribution in [0.4, 0.5) is 4.39 Å². The second-order valence-corrected chi connectivity index (χ2v) is 4.12. The summed E-state index contributed by atoms with van der Waals surface area (Å²) in [7, 11) is 0. The van der Waals surface area contributed by atoms with E-state index in [0.29, 0.717) is 17.0 Å². The third-order valence-electron chi connectivity index (χ3n) is 2.63. The summed E-state index contributed by atoms with van der Waals surface area (Å²) < 4.78 is 18.2. The van der Waals surface area contributed by atoms with Gasteiger partial charge in [-0.05, 0) is 30.3 Å². The predicted molar refractivity (Wildman–Crippen MR) is 72.4 cm³/mol. The number of H-pyrrole nitrogens is 1. The fourth-order valence-electron chi connectivity index (χ4n) is 1.61. The molecule has 0 amide bonds. The van der Waals surface area contributed by atoms with Gasteiger partial charge in [0.25, 0.3) is 5.56 Å². The molecule has 3 rings (SSSR count). The van der Waals surface area contributed by atoms with Gasteiger partial charge in [0.1, 0.15) is 11.6 Å². The van der Waals surface area contributed by atoms with Gasteiger partial charge in [-0.25, -0.2) is 19.5 Å². The largest absolute Gasteiger partial charge is 0.424 e. The SMILES string of the molecule is O=c1ccc(-c2cnc(Oc3ccc(F)cc3)nc2)n[nH]1. The number of nitrogens with one attached hydrogen (secondary N) is 1.